The lowest BCUT2D eigenvalue weighted by molar-refractivity contribution is 0.292. The molecule has 0 N–H and O–H groups in total. The molecule has 0 aliphatic heterocycles. The molecule has 0 unspecified atom stereocenters. The Kier molecular flexibility index (Phi) is 5.75. The Morgan fingerprint density at radius 3 is 2.61 bits per heavy atom. The van der Waals surface area contributed by atoms with E-state index < -0.39 is 9.84 Å². The summed E-state index contributed by atoms with van der Waals surface area (Å²) in [5.41, 5.74) is 0.569. The molecule has 0 aromatic heterocycles. The van der Waals surface area contributed by atoms with Crippen LogP contribution in [0.5, 0.6) is 0 Å². The largest absolute Gasteiger partial charge is 0.298 e. The molecule has 0 spiro atoms. The summed E-state index contributed by atoms with van der Waals surface area (Å²) in [4.78, 5) is 1.91. The van der Waals surface area contributed by atoms with Gasteiger partial charge < -0.3 is 0 Å². The summed E-state index contributed by atoms with van der Waals surface area (Å²) in [6.07, 6.45) is 1.21. The number of halogens is 2. The van der Waals surface area contributed by atoms with E-state index in [1.807, 2.05) is 11.8 Å². The van der Waals surface area contributed by atoms with Crippen LogP contribution in [0, 0.1) is 5.82 Å². The average Bonchev–Trinajstić information content (AvgIpc) is 2.27. The van der Waals surface area contributed by atoms with Gasteiger partial charge in [-0.15, -0.1) is 0 Å². The fourth-order valence-corrected chi connectivity index (χ4v) is 2.55. The van der Waals surface area contributed by atoms with Crippen molar-refractivity contribution < 1.29 is 12.8 Å². The van der Waals surface area contributed by atoms with Crippen molar-refractivity contribution in [3.8, 4) is 0 Å². The quantitative estimate of drug-likeness (QED) is 0.800. The highest BCUT2D eigenvalue weighted by Gasteiger charge is 2.11. The number of rotatable bonds is 6. The van der Waals surface area contributed by atoms with E-state index in [1.165, 1.54) is 12.3 Å². The first kappa shape index (κ1) is 15.6. The molecule has 1 rings (SSSR count). The molecule has 1 aromatic rings. The van der Waals surface area contributed by atoms with Gasteiger partial charge in [0.1, 0.15) is 15.7 Å². The minimum absolute atomic E-state index is 0.0937. The predicted molar refractivity (Wildman–Crippen MR) is 74.8 cm³/mol. The van der Waals surface area contributed by atoms with Gasteiger partial charge in [0.05, 0.1) is 5.75 Å². The topological polar surface area (TPSA) is 37.4 Å². The second kappa shape index (κ2) is 6.63. The van der Waals surface area contributed by atoms with Gasteiger partial charge in [-0.05, 0) is 24.7 Å². The Hall–Kier alpha value is -0.460. The van der Waals surface area contributed by atoms with Crippen molar-refractivity contribution in [3.05, 3.63) is 34.1 Å². The summed E-state index contributed by atoms with van der Waals surface area (Å²) in [5, 5.41) is 0. The second-order valence-corrected chi connectivity index (χ2v) is 7.41. The summed E-state index contributed by atoms with van der Waals surface area (Å²) < 4.78 is 36.6. The predicted octanol–water partition coefficient (Wildman–Crippen LogP) is 2.45. The molecule has 3 nitrogen and oxygen atoms in total. The first-order valence-electron chi connectivity index (χ1n) is 5.66. The van der Waals surface area contributed by atoms with Crippen LogP contribution < -0.4 is 0 Å². The summed E-state index contributed by atoms with van der Waals surface area (Å²) in [6, 6.07) is 4.77. The van der Waals surface area contributed by atoms with Crippen LogP contribution in [-0.4, -0.2) is 38.4 Å². The third-order valence-electron chi connectivity index (χ3n) is 2.63. The van der Waals surface area contributed by atoms with Crippen molar-refractivity contribution in [2.24, 2.45) is 0 Å². The molecule has 0 aliphatic rings. The van der Waals surface area contributed by atoms with Gasteiger partial charge in [-0.1, -0.05) is 22.9 Å². The molecule has 0 saturated heterocycles. The third-order valence-corrected chi connectivity index (χ3v) is 4.04. The van der Waals surface area contributed by atoms with E-state index in [4.69, 9.17) is 0 Å². The molecule has 0 heterocycles. The summed E-state index contributed by atoms with van der Waals surface area (Å²) in [5.74, 6) is -0.174. The molecular formula is C12H17BrFNO2S. The fourth-order valence-electron chi connectivity index (χ4n) is 1.55. The van der Waals surface area contributed by atoms with Crippen LogP contribution in [0.15, 0.2) is 22.7 Å². The van der Waals surface area contributed by atoms with Crippen LogP contribution in [0.3, 0.4) is 0 Å². The van der Waals surface area contributed by atoms with Crippen LogP contribution in [-0.2, 0) is 16.4 Å². The highest BCUT2D eigenvalue weighted by Crippen LogP contribution is 2.17. The smallest absolute Gasteiger partial charge is 0.148 e. The SMILES string of the molecule is CCN(CCS(C)(=O)=O)Cc1cc(Br)ccc1F. The highest BCUT2D eigenvalue weighted by atomic mass is 79.9. The van der Waals surface area contributed by atoms with Crippen molar-refractivity contribution in [2.75, 3.05) is 25.1 Å². The maximum atomic E-state index is 13.6. The van der Waals surface area contributed by atoms with Crippen molar-refractivity contribution in [2.45, 2.75) is 13.5 Å². The van der Waals surface area contributed by atoms with Crippen molar-refractivity contribution in [1.29, 1.82) is 0 Å². The zero-order valence-electron chi connectivity index (χ0n) is 10.5. The van der Waals surface area contributed by atoms with Crippen molar-refractivity contribution in [1.82, 2.24) is 4.90 Å². The maximum Gasteiger partial charge on any atom is 0.148 e. The van der Waals surface area contributed by atoms with Crippen LogP contribution >= 0.6 is 15.9 Å². The minimum Gasteiger partial charge on any atom is -0.298 e. The second-order valence-electron chi connectivity index (χ2n) is 4.23. The molecular weight excluding hydrogens is 321 g/mol. The van der Waals surface area contributed by atoms with Gasteiger partial charge in [0.2, 0.25) is 0 Å². The number of benzene rings is 1. The number of hydrogen-bond donors (Lipinski definition) is 0. The van der Waals surface area contributed by atoms with Crippen molar-refractivity contribution in [3.63, 3.8) is 0 Å². The lowest BCUT2D eigenvalue weighted by Gasteiger charge is -2.20. The van der Waals surface area contributed by atoms with E-state index in [9.17, 15) is 12.8 Å². The van der Waals surface area contributed by atoms with Gasteiger partial charge >= 0.3 is 0 Å². The number of hydrogen-bond acceptors (Lipinski definition) is 3. The van der Waals surface area contributed by atoms with Gasteiger partial charge in [-0.2, -0.15) is 0 Å². The first-order valence-corrected chi connectivity index (χ1v) is 8.51. The normalized spacial score (nSPS) is 12.1. The average molecular weight is 338 g/mol. The number of nitrogens with zero attached hydrogens (tertiary/aromatic N) is 1. The van der Waals surface area contributed by atoms with Crippen molar-refractivity contribution >= 4 is 25.8 Å². The summed E-state index contributed by atoms with van der Waals surface area (Å²) in [7, 11) is -2.98. The van der Waals surface area contributed by atoms with Crippen LogP contribution in [0.4, 0.5) is 4.39 Å². The standard InChI is InChI=1S/C12H17BrFNO2S/c1-3-15(6-7-18(2,16)17)9-10-8-11(13)4-5-12(10)14/h4-5,8H,3,6-7,9H2,1-2H3. The van der Waals surface area contributed by atoms with E-state index in [2.05, 4.69) is 15.9 Å². The Balaban J connectivity index is 2.70. The van der Waals surface area contributed by atoms with Crippen LogP contribution in [0.2, 0.25) is 0 Å². The fraction of sp³-hybridized carbons (Fsp3) is 0.500. The molecule has 0 amide bonds. The molecule has 0 aliphatic carbocycles. The molecule has 6 heteroatoms. The molecule has 0 bridgehead atoms. The van der Waals surface area contributed by atoms with Gasteiger partial charge in [0.15, 0.2) is 0 Å². The Bertz CT molecular complexity index is 505. The molecule has 0 radical (unpaired) electrons. The van der Waals surface area contributed by atoms with Crippen LogP contribution in [0.25, 0.3) is 0 Å². The molecule has 1 aromatic carbocycles. The molecule has 0 fully saturated rings. The van der Waals surface area contributed by atoms with Gasteiger partial charge in [0, 0.05) is 29.4 Å². The highest BCUT2D eigenvalue weighted by molar-refractivity contribution is 9.10. The third kappa shape index (κ3) is 5.46. The summed E-state index contributed by atoms with van der Waals surface area (Å²) >= 11 is 3.30. The van der Waals surface area contributed by atoms with E-state index in [0.29, 0.717) is 25.2 Å². The van der Waals surface area contributed by atoms with Gasteiger partial charge in [-0.3, -0.25) is 4.90 Å². The number of sulfone groups is 1. The molecule has 102 valence electrons. The zero-order valence-corrected chi connectivity index (χ0v) is 12.9. The Morgan fingerprint density at radius 2 is 2.06 bits per heavy atom. The lowest BCUT2D eigenvalue weighted by Crippen LogP contribution is -2.29. The maximum absolute atomic E-state index is 13.6. The first-order chi connectivity index (χ1) is 8.31. The van der Waals surface area contributed by atoms with E-state index in [1.54, 1.807) is 12.1 Å². The van der Waals surface area contributed by atoms with E-state index in [0.717, 1.165) is 4.47 Å². The van der Waals surface area contributed by atoms with E-state index in [-0.39, 0.29) is 11.6 Å². The van der Waals surface area contributed by atoms with Crippen LogP contribution in [0.1, 0.15) is 12.5 Å². The minimum atomic E-state index is -2.98. The monoisotopic (exact) mass is 337 g/mol. The van der Waals surface area contributed by atoms with Gasteiger partial charge in [0.25, 0.3) is 0 Å². The molecule has 0 saturated carbocycles. The molecule has 0 atom stereocenters. The Morgan fingerprint density at radius 1 is 1.39 bits per heavy atom. The van der Waals surface area contributed by atoms with E-state index >= 15 is 0 Å². The lowest BCUT2D eigenvalue weighted by atomic mass is 10.2. The summed E-state index contributed by atoms with van der Waals surface area (Å²) in [6.45, 7) is 3.44. The van der Waals surface area contributed by atoms with Gasteiger partial charge in [-0.25, -0.2) is 12.8 Å². The zero-order chi connectivity index (χ0) is 13.8. The molecule has 18 heavy (non-hydrogen) atoms. The Labute approximate surface area is 116 Å².